The number of hydrogen-bond donors (Lipinski definition) is 2. The largest absolute Gasteiger partial charge is 0.416 e. The summed E-state index contributed by atoms with van der Waals surface area (Å²) < 4.78 is 81.3. The third kappa shape index (κ3) is 6.44. The molecule has 0 saturated carbocycles. The van der Waals surface area contributed by atoms with E-state index in [1.807, 2.05) is 49.5 Å². The van der Waals surface area contributed by atoms with Crippen LogP contribution >= 0.6 is 0 Å². The maximum Gasteiger partial charge on any atom is 0.416 e. The number of nitrogens with one attached hydrogen (secondary N) is 2. The summed E-state index contributed by atoms with van der Waals surface area (Å²) in [4.78, 5) is 22.3. The number of amides is 1. The van der Waals surface area contributed by atoms with Gasteiger partial charge in [0.15, 0.2) is 0 Å². The van der Waals surface area contributed by atoms with Crippen molar-refractivity contribution in [1.29, 1.82) is 0 Å². The smallest absolute Gasteiger partial charge is 0.361 e. The second-order valence-electron chi connectivity index (χ2n) is 10.7. The molecule has 2 aromatic heterocycles. The van der Waals surface area contributed by atoms with Crippen LogP contribution in [-0.2, 0) is 31.9 Å². The van der Waals surface area contributed by atoms with Crippen LogP contribution in [-0.4, -0.2) is 80.8 Å². The zero-order valence-electron chi connectivity index (χ0n) is 22.9. The molecule has 1 aliphatic rings. The van der Waals surface area contributed by atoms with Gasteiger partial charge in [0.05, 0.1) is 11.1 Å². The Hall–Kier alpha value is -3.91. The molecule has 1 atom stereocenters. The molecule has 0 bridgehead atoms. The number of piperazine rings is 1. The van der Waals surface area contributed by atoms with Crippen molar-refractivity contribution in [2.45, 2.75) is 37.9 Å². The molecular weight excluding hydrogens is 564 g/mol. The van der Waals surface area contributed by atoms with E-state index in [1.165, 1.54) is 4.90 Å². The highest BCUT2D eigenvalue weighted by Gasteiger charge is 2.39. The van der Waals surface area contributed by atoms with Gasteiger partial charge in [-0.3, -0.25) is 9.69 Å². The predicted molar refractivity (Wildman–Crippen MR) is 142 cm³/mol. The van der Waals surface area contributed by atoms with Crippen molar-refractivity contribution in [3.05, 3.63) is 82.3 Å². The molecule has 1 aliphatic heterocycles. The predicted octanol–water partition coefficient (Wildman–Crippen LogP) is 4.95. The van der Waals surface area contributed by atoms with Crippen molar-refractivity contribution < 1.29 is 31.1 Å². The number of halogens is 6. The van der Waals surface area contributed by atoms with E-state index in [0.717, 1.165) is 27.9 Å². The van der Waals surface area contributed by atoms with Gasteiger partial charge >= 0.3 is 12.4 Å². The number of H-pyrrole nitrogens is 2. The fourth-order valence-electron chi connectivity index (χ4n) is 5.34. The summed E-state index contributed by atoms with van der Waals surface area (Å²) in [5.74, 6) is -0.883. The molecule has 2 aromatic carbocycles. The minimum absolute atomic E-state index is 0.0291. The van der Waals surface area contributed by atoms with E-state index in [1.54, 1.807) is 0 Å². The molecule has 0 radical (unpaired) electrons. The Morgan fingerprint density at radius 3 is 2.31 bits per heavy atom. The number of rotatable bonds is 7. The number of carbonyl (C=O) groups excluding carboxylic acids is 1. The molecule has 4 aromatic rings. The van der Waals surface area contributed by atoms with Crippen molar-refractivity contribution in [1.82, 2.24) is 35.1 Å². The number of aromatic nitrogens is 4. The van der Waals surface area contributed by atoms with Gasteiger partial charge in [0.2, 0.25) is 0 Å². The van der Waals surface area contributed by atoms with E-state index >= 15 is 0 Å². The van der Waals surface area contributed by atoms with Gasteiger partial charge < -0.3 is 14.8 Å². The van der Waals surface area contributed by atoms with Gasteiger partial charge in [0, 0.05) is 61.4 Å². The number of fused-ring (bicyclic) bond motifs is 1. The van der Waals surface area contributed by atoms with Crippen molar-refractivity contribution in [2.24, 2.45) is 0 Å². The summed E-state index contributed by atoms with van der Waals surface area (Å²) in [5, 5.41) is 12.0. The molecule has 1 fully saturated rings. The first-order valence-electron chi connectivity index (χ1n) is 13.2. The molecule has 1 amide bonds. The molecule has 1 saturated heterocycles. The number of carbonyl (C=O) groups is 1. The van der Waals surface area contributed by atoms with E-state index in [-0.39, 0.29) is 12.6 Å². The molecule has 2 N–H and O–H groups in total. The van der Waals surface area contributed by atoms with Crippen LogP contribution in [0.3, 0.4) is 0 Å². The summed E-state index contributed by atoms with van der Waals surface area (Å²) in [6, 6.07) is 8.03. The molecule has 0 aliphatic carbocycles. The first-order chi connectivity index (χ1) is 19.8. The Kier molecular flexibility index (Phi) is 8.03. The molecule has 14 heteroatoms. The number of nitrogens with zero attached hydrogens (tertiary/aromatic N) is 5. The first kappa shape index (κ1) is 29.6. The average molecular weight is 594 g/mol. The van der Waals surface area contributed by atoms with Crippen molar-refractivity contribution in [3.63, 3.8) is 0 Å². The van der Waals surface area contributed by atoms with Crippen LogP contribution in [0.5, 0.6) is 0 Å². The molecule has 3 heterocycles. The van der Waals surface area contributed by atoms with Gasteiger partial charge in [-0.1, -0.05) is 18.2 Å². The van der Waals surface area contributed by atoms with Crippen molar-refractivity contribution in [3.8, 4) is 0 Å². The Morgan fingerprint density at radius 1 is 0.976 bits per heavy atom. The number of alkyl halides is 6. The standard InChI is InChI=1S/C28H29F6N7O/c1-39(2)15-24-25(37-38-36-24)16-40-7-8-41(21(14-40)11-18-13-35-23-6-4-3-5-22(18)23)26(42)17-9-19(27(29,30)31)12-20(10-17)28(32,33)34/h3-6,9-10,12-13,21,35H,7-8,11,14-16H2,1-2H3,(H,36,37,38). The molecule has 5 rings (SSSR count). The van der Waals surface area contributed by atoms with E-state index in [2.05, 4.69) is 25.3 Å². The van der Waals surface area contributed by atoms with Crippen LogP contribution in [0.15, 0.2) is 48.7 Å². The van der Waals surface area contributed by atoms with Crippen molar-refractivity contribution in [2.75, 3.05) is 33.7 Å². The quantitative estimate of drug-likeness (QED) is 0.296. The lowest BCUT2D eigenvalue weighted by Crippen LogP contribution is -2.55. The van der Waals surface area contributed by atoms with E-state index in [9.17, 15) is 31.1 Å². The van der Waals surface area contributed by atoms with Gasteiger partial charge in [-0.15, -0.1) is 0 Å². The summed E-state index contributed by atoms with van der Waals surface area (Å²) in [5.41, 5.74) is -0.456. The van der Waals surface area contributed by atoms with Gasteiger partial charge in [0.1, 0.15) is 11.4 Å². The van der Waals surface area contributed by atoms with Gasteiger partial charge in [-0.2, -0.15) is 41.8 Å². The third-order valence-corrected chi connectivity index (χ3v) is 7.34. The van der Waals surface area contributed by atoms with Crippen LogP contribution in [0.4, 0.5) is 26.3 Å². The van der Waals surface area contributed by atoms with Crippen LogP contribution < -0.4 is 0 Å². The second-order valence-corrected chi connectivity index (χ2v) is 10.7. The normalized spacial score (nSPS) is 17.0. The number of benzene rings is 2. The lowest BCUT2D eigenvalue weighted by Gasteiger charge is -2.41. The summed E-state index contributed by atoms with van der Waals surface area (Å²) in [6.07, 6.45) is -7.97. The van der Waals surface area contributed by atoms with E-state index in [0.29, 0.717) is 44.7 Å². The zero-order valence-corrected chi connectivity index (χ0v) is 22.9. The lowest BCUT2D eigenvalue weighted by atomic mass is 9.98. The molecule has 42 heavy (non-hydrogen) atoms. The fourth-order valence-corrected chi connectivity index (χ4v) is 5.34. The van der Waals surface area contributed by atoms with Crippen LogP contribution in [0.25, 0.3) is 10.9 Å². The van der Waals surface area contributed by atoms with Crippen LogP contribution in [0, 0.1) is 0 Å². The Morgan fingerprint density at radius 2 is 1.64 bits per heavy atom. The summed E-state index contributed by atoms with van der Waals surface area (Å²) >= 11 is 0. The monoisotopic (exact) mass is 593 g/mol. The maximum absolute atomic E-state index is 13.7. The fraction of sp³-hybridized carbons (Fsp3) is 0.393. The third-order valence-electron chi connectivity index (χ3n) is 7.34. The van der Waals surface area contributed by atoms with Gasteiger partial charge in [-0.25, -0.2) is 0 Å². The molecular formula is C28H29F6N7O. The molecule has 224 valence electrons. The van der Waals surface area contributed by atoms with Crippen molar-refractivity contribution >= 4 is 16.8 Å². The number of para-hydroxylation sites is 1. The average Bonchev–Trinajstić information content (AvgIpc) is 3.53. The van der Waals surface area contributed by atoms with Crippen LogP contribution in [0.1, 0.15) is 38.4 Å². The second kappa shape index (κ2) is 11.4. The molecule has 1 unspecified atom stereocenters. The highest BCUT2D eigenvalue weighted by Crippen LogP contribution is 2.37. The van der Waals surface area contributed by atoms with Gasteiger partial charge in [-0.05, 0) is 50.3 Å². The van der Waals surface area contributed by atoms with E-state index in [4.69, 9.17) is 0 Å². The Bertz CT molecular complexity index is 1530. The highest BCUT2D eigenvalue weighted by atomic mass is 19.4. The SMILES string of the molecule is CN(C)Cc1n[nH]nc1CN1CCN(C(=O)c2cc(C(F)(F)F)cc(C(F)(F)F)c2)C(Cc2c[nH]c3ccccc23)C1. The first-order valence-corrected chi connectivity index (χ1v) is 13.2. The maximum atomic E-state index is 13.7. The molecule has 0 spiro atoms. The minimum atomic E-state index is -5.06. The molecule has 8 nitrogen and oxygen atoms in total. The number of aromatic amines is 2. The van der Waals surface area contributed by atoms with E-state index < -0.39 is 41.0 Å². The topological polar surface area (TPSA) is 84.2 Å². The summed E-state index contributed by atoms with van der Waals surface area (Å²) in [7, 11) is 3.80. The zero-order chi connectivity index (χ0) is 30.2. The Labute approximate surface area is 237 Å². The summed E-state index contributed by atoms with van der Waals surface area (Å²) in [6.45, 7) is 1.73. The minimum Gasteiger partial charge on any atom is -0.361 e. The van der Waals surface area contributed by atoms with Crippen LogP contribution in [0.2, 0.25) is 0 Å². The lowest BCUT2D eigenvalue weighted by molar-refractivity contribution is -0.143. The number of hydrogen-bond acceptors (Lipinski definition) is 5. The highest BCUT2D eigenvalue weighted by molar-refractivity contribution is 5.95. The van der Waals surface area contributed by atoms with Gasteiger partial charge in [0.25, 0.3) is 5.91 Å². The Balaban J connectivity index is 1.47.